The Hall–Kier alpha value is -2.76. The zero-order chi connectivity index (χ0) is 20.1. The topological polar surface area (TPSA) is 82.3 Å². The Balaban J connectivity index is 1.63. The molecule has 0 atom stereocenters. The maximum atomic E-state index is 12.9. The predicted octanol–water partition coefficient (Wildman–Crippen LogP) is 3.11. The molecule has 1 saturated carbocycles. The fraction of sp³-hybridized carbons (Fsp3) is 0.455. The molecular weight excluding hydrogens is 352 g/mol. The summed E-state index contributed by atoms with van der Waals surface area (Å²) in [5.41, 5.74) is 2.60. The normalized spacial score (nSPS) is 22.5. The highest BCUT2D eigenvalue weighted by Crippen LogP contribution is 2.32. The maximum Gasteiger partial charge on any atom is 0.323 e. The summed E-state index contributed by atoms with van der Waals surface area (Å²) in [5, 5.41) is 11.6. The van der Waals surface area contributed by atoms with Crippen molar-refractivity contribution in [3.63, 3.8) is 0 Å². The van der Waals surface area contributed by atoms with Crippen molar-refractivity contribution in [2.45, 2.75) is 51.5 Å². The minimum atomic E-state index is -0.432. The quantitative estimate of drug-likeness (QED) is 0.610. The van der Waals surface area contributed by atoms with Gasteiger partial charge in [0.1, 0.15) is 5.70 Å². The Bertz CT molecular complexity index is 762. The summed E-state index contributed by atoms with van der Waals surface area (Å²) in [6.45, 7) is 8.72. The smallest absolute Gasteiger partial charge is 0.323 e. The van der Waals surface area contributed by atoms with Crippen molar-refractivity contribution in [2.24, 2.45) is 5.92 Å². The molecule has 1 aliphatic carbocycles. The summed E-state index contributed by atoms with van der Waals surface area (Å²) < 4.78 is 0. The van der Waals surface area contributed by atoms with Gasteiger partial charge < -0.3 is 21.3 Å². The van der Waals surface area contributed by atoms with Gasteiger partial charge in [-0.25, -0.2) is 4.79 Å². The molecule has 0 saturated heterocycles. The number of amides is 3. The molecule has 1 aromatic rings. The van der Waals surface area contributed by atoms with E-state index in [1.165, 1.54) is 5.56 Å². The van der Waals surface area contributed by atoms with Gasteiger partial charge in [-0.15, -0.1) is 0 Å². The van der Waals surface area contributed by atoms with Crippen LogP contribution in [0.2, 0.25) is 0 Å². The number of carbonyl (C=O) groups is 2. The van der Waals surface area contributed by atoms with E-state index in [2.05, 4.69) is 66.0 Å². The van der Waals surface area contributed by atoms with Crippen LogP contribution in [0.25, 0.3) is 0 Å². The molecule has 1 heterocycles. The van der Waals surface area contributed by atoms with E-state index in [1.54, 1.807) is 0 Å². The summed E-state index contributed by atoms with van der Waals surface area (Å²) in [5.74, 6) is 0.691. The molecule has 3 amide bonds. The SMILES string of the molecule is C=C1NC(=O)NC(C(=O)NC2CCC(c3ccccc3)CC2)=C1NCC(C)C. The van der Waals surface area contributed by atoms with E-state index >= 15 is 0 Å². The summed E-state index contributed by atoms with van der Waals surface area (Å²) in [4.78, 5) is 24.7. The van der Waals surface area contributed by atoms with E-state index in [9.17, 15) is 9.59 Å². The fourth-order valence-electron chi connectivity index (χ4n) is 3.78. The Morgan fingerprint density at radius 2 is 1.82 bits per heavy atom. The Kier molecular flexibility index (Phi) is 6.39. The van der Waals surface area contributed by atoms with Gasteiger partial charge in [-0.3, -0.25) is 4.79 Å². The molecule has 1 fully saturated rings. The van der Waals surface area contributed by atoms with Crippen LogP contribution in [0.4, 0.5) is 4.79 Å². The van der Waals surface area contributed by atoms with Crippen molar-refractivity contribution < 1.29 is 9.59 Å². The second-order valence-electron chi connectivity index (χ2n) is 8.02. The molecule has 0 aromatic heterocycles. The number of hydrogen-bond acceptors (Lipinski definition) is 3. The highest BCUT2D eigenvalue weighted by Gasteiger charge is 2.29. The average Bonchev–Trinajstić information content (AvgIpc) is 2.68. The highest BCUT2D eigenvalue weighted by atomic mass is 16.2. The van der Waals surface area contributed by atoms with Crippen molar-refractivity contribution in [3.05, 3.63) is 59.6 Å². The van der Waals surface area contributed by atoms with E-state index < -0.39 is 6.03 Å². The second-order valence-corrected chi connectivity index (χ2v) is 8.02. The van der Waals surface area contributed by atoms with Crippen LogP contribution >= 0.6 is 0 Å². The lowest BCUT2D eigenvalue weighted by atomic mass is 9.82. The van der Waals surface area contributed by atoms with Crippen LogP contribution < -0.4 is 21.3 Å². The van der Waals surface area contributed by atoms with Crippen molar-refractivity contribution in [2.75, 3.05) is 6.54 Å². The van der Waals surface area contributed by atoms with Crippen LogP contribution in [0.3, 0.4) is 0 Å². The minimum Gasteiger partial charge on any atom is -0.381 e. The standard InChI is InChI=1S/C22H30N4O2/c1-14(2)13-23-19-15(3)24-22(28)26-20(19)21(27)25-18-11-9-17(10-12-18)16-7-5-4-6-8-16/h4-8,14,17-18,23H,3,9-13H2,1-2H3,(H,25,27)(H2,24,26,28). The molecule has 3 rings (SSSR count). The lowest BCUT2D eigenvalue weighted by molar-refractivity contribution is -0.118. The summed E-state index contributed by atoms with van der Waals surface area (Å²) in [6, 6.07) is 10.2. The minimum absolute atomic E-state index is 0.117. The third-order valence-corrected chi connectivity index (χ3v) is 5.30. The summed E-state index contributed by atoms with van der Waals surface area (Å²) in [7, 11) is 0. The Morgan fingerprint density at radius 1 is 1.14 bits per heavy atom. The average molecular weight is 383 g/mol. The van der Waals surface area contributed by atoms with Gasteiger partial charge in [0.25, 0.3) is 5.91 Å². The lowest BCUT2D eigenvalue weighted by Crippen LogP contribution is -2.50. The van der Waals surface area contributed by atoms with Gasteiger partial charge in [0.2, 0.25) is 0 Å². The number of benzene rings is 1. The zero-order valence-corrected chi connectivity index (χ0v) is 16.7. The van der Waals surface area contributed by atoms with Crippen LogP contribution in [0.5, 0.6) is 0 Å². The lowest BCUT2D eigenvalue weighted by Gasteiger charge is -2.31. The molecule has 0 radical (unpaired) electrons. The zero-order valence-electron chi connectivity index (χ0n) is 16.7. The van der Waals surface area contributed by atoms with Crippen LogP contribution in [0, 0.1) is 5.92 Å². The van der Waals surface area contributed by atoms with Gasteiger partial charge in [0.05, 0.1) is 11.4 Å². The molecule has 0 unspecified atom stereocenters. The molecule has 150 valence electrons. The van der Waals surface area contributed by atoms with Gasteiger partial charge in [-0.05, 0) is 43.1 Å². The second kappa shape index (κ2) is 8.95. The van der Waals surface area contributed by atoms with Crippen LogP contribution in [0.1, 0.15) is 51.0 Å². The predicted molar refractivity (Wildman–Crippen MR) is 110 cm³/mol. The Labute approximate surface area is 166 Å². The van der Waals surface area contributed by atoms with E-state index in [0.29, 0.717) is 29.8 Å². The van der Waals surface area contributed by atoms with Crippen LogP contribution in [-0.2, 0) is 4.79 Å². The molecule has 2 aliphatic rings. The number of urea groups is 1. The maximum absolute atomic E-state index is 12.9. The van der Waals surface area contributed by atoms with Crippen LogP contribution in [0.15, 0.2) is 54.0 Å². The molecule has 1 aliphatic heterocycles. The van der Waals surface area contributed by atoms with Crippen molar-refractivity contribution in [1.82, 2.24) is 21.3 Å². The van der Waals surface area contributed by atoms with Crippen molar-refractivity contribution in [1.29, 1.82) is 0 Å². The summed E-state index contributed by atoms with van der Waals surface area (Å²) in [6.07, 6.45) is 3.96. The van der Waals surface area contributed by atoms with Crippen molar-refractivity contribution >= 4 is 11.9 Å². The molecular formula is C22H30N4O2. The van der Waals surface area contributed by atoms with Gasteiger partial charge in [0, 0.05) is 12.6 Å². The van der Waals surface area contributed by atoms with E-state index in [-0.39, 0.29) is 17.6 Å². The highest BCUT2D eigenvalue weighted by molar-refractivity contribution is 6.00. The number of carbonyl (C=O) groups excluding carboxylic acids is 2. The molecule has 4 N–H and O–H groups in total. The van der Waals surface area contributed by atoms with Crippen LogP contribution in [-0.4, -0.2) is 24.5 Å². The van der Waals surface area contributed by atoms with Gasteiger partial charge >= 0.3 is 6.03 Å². The first-order chi connectivity index (χ1) is 13.4. The molecule has 28 heavy (non-hydrogen) atoms. The fourth-order valence-corrected chi connectivity index (χ4v) is 3.78. The molecule has 0 spiro atoms. The van der Waals surface area contributed by atoms with Crippen molar-refractivity contribution in [3.8, 4) is 0 Å². The first-order valence-electron chi connectivity index (χ1n) is 10.0. The number of nitrogens with one attached hydrogen (secondary N) is 4. The van der Waals surface area contributed by atoms with Gasteiger partial charge in [-0.2, -0.15) is 0 Å². The first kappa shape index (κ1) is 20.0. The molecule has 1 aromatic carbocycles. The van der Waals surface area contributed by atoms with E-state index in [1.807, 2.05) is 6.07 Å². The van der Waals surface area contributed by atoms with Gasteiger partial charge in [-0.1, -0.05) is 50.8 Å². The van der Waals surface area contributed by atoms with E-state index in [0.717, 1.165) is 25.7 Å². The third kappa shape index (κ3) is 4.94. The first-order valence-corrected chi connectivity index (χ1v) is 10.0. The van der Waals surface area contributed by atoms with E-state index in [4.69, 9.17) is 0 Å². The number of rotatable bonds is 6. The molecule has 0 bridgehead atoms. The molecule has 6 heteroatoms. The number of hydrogen-bond donors (Lipinski definition) is 4. The summed E-state index contributed by atoms with van der Waals surface area (Å²) >= 11 is 0. The largest absolute Gasteiger partial charge is 0.381 e. The monoisotopic (exact) mass is 382 g/mol. The molecule has 6 nitrogen and oxygen atoms in total. The van der Waals surface area contributed by atoms with Gasteiger partial charge in [0.15, 0.2) is 0 Å². The third-order valence-electron chi connectivity index (χ3n) is 5.30. The Morgan fingerprint density at radius 3 is 2.46 bits per heavy atom.